The smallest absolute Gasteiger partial charge is 0.242 e. The van der Waals surface area contributed by atoms with E-state index in [9.17, 15) is 18.0 Å². The van der Waals surface area contributed by atoms with Gasteiger partial charge in [0.05, 0.1) is 18.6 Å². The van der Waals surface area contributed by atoms with Crippen molar-refractivity contribution in [1.29, 1.82) is 0 Å². The molecule has 2 rings (SSSR count). The summed E-state index contributed by atoms with van der Waals surface area (Å²) in [6.07, 6.45) is 3.41. The van der Waals surface area contributed by atoms with Gasteiger partial charge in [0, 0.05) is 26.1 Å². The Balaban J connectivity index is 2.12. The normalized spacial score (nSPS) is 12.0. The number of ether oxygens (including phenoxy) is 1. The number of hydrogen-bond acceptors (Lipinski definition) is 5. The van der Waals surface area contributed by atoms with Crippen molar-refractivity contribution in [2.45, 2.75) is 66.0 Å². The van der Waals surface area contributed by atoms with E-state index in [0.717, 1.165) is 30.2 Å². The van der Waals surface area contributed by atoms with Crippen molar-refractivity contribution in [3.8, 4) is 5.75 Å². The molecule has 0 unspecified atom stereocenters. The molecule has 1 N–H and O–H groups in total. The van der Waals surface area contributed by atoms with E-state index in [1.807, 2.05) is 38.1 Å². The number of amides is 2. The lowest BCUT2D eigenvalue weighted by atomic mass is 10.1. The third-order valence-corrected chi connectivity index (χ3v) is 7.25. The van der Waals surface area contributed by atoms with Gasteiger partial charge in [-0.1, -0.05) is 43.2 Å². The van der Waals surface area contributed by atoms with Crippen LogP contribution in [0.3, 0.4) is 0 Å². The quantitative estimate of drug-likeness (QED) is 0.346. The second-order valence-corrected chi connectivity index (χ2v) is 11.1. The van der Waals surface area contributed by atoms with Crippen molar-refractivity contribution in [1.82, 2.24) is 10.2 Å². The third-order valence-electron chi connectivity index (χ3n) is 6.06. The number of unbranched alkanes of at least 4 members (excludes halogenated alkanes) is 1. The second kappa shape index (κ2) is 14.6. The fourth-order valence-electron chi connectivity index (χ4n) is 3.89. The van der Waals surface area contributed by atoms with Gasteiger partial charge in [-0.2, -0.15) is 0 Å². The maximum atomic E-state index is 13.3. The Morgan fingerprint density at radius 1 is 1.00 bits per heavy atom. The van der Waals surface area contributed by atoms with Gasteiger partial charge in [-0.15, -0.1) is 0 Å². The van der Waals surface area contributed by atoms with Crippen LogP contribution in [0.4, 0.5) is 5.69 Å². The van der Waals surface area contributed by atoms with Gasteiger partial charge in [-0.3, -0.25) is 13.9 Å². The highest BCUT2D eigenvalue weighted by Gasteiger charge is 2.26. The van der Waals surface area contributed by atoms with Crippen LogP contribution in [0.5, 0.6) is 5.75 Å². The van der Waals surface area contributed by atoms with E-state index in [1.165, 1.54) is 4.31 Å². The molecular weight excluding hydrogens is 490 g/mol. The summed E-state index contributed by atoms with van der Waals surface area (Å²) >= 11 is 0. The lowest BCUT2D eigenvalue weighted by Crippen LogP contribution is -2.48. The first-order valence-corrected chi connectivity index (χ1v) is 14.7. The zero-order chi connectivity index (χ0) is 27.4. The van der Waals surface area contributed by atoms with Gasteiger partial charge in [0.25, 0.3) is 0 Å². The molecule has 0 saturated heterocycles. The Kier molecular flexibility index (Phi) is 11.9. The molecule has 9 heteroatoms. The summed E-state index contributed by atoms with van der Waals surface area (Å²) in [5.41, 5.74) is 2.56. The zero-order valence-corrected chi connectivity index (χ0v) is 23.5. The van der Waals surface area contributed by atoms with Crippen LogP contribution in [-0.4, -0.2) is 57.1 Å². The van der Waals surface area contributed by atoms with Crippen molar-refractivity contribution in [2.24, 2.45) is 0 Å². The van der Waals surface area contributed by atoms with Gasteiger partial charge in [-0.25, -0.2) is 8.42 Å². The molecule has 0 bridgehead atoms. The molecule has 0 fully saturated rings. The number of nitrogens with one attached hydrogen (secondary N) is 1. The first-order valence-electron chi connectivity index (χ1n) is 12.9. The molecule has 37 heavy (non-hydrogen) atoms. The van der Waals surface area contributed by atoms with E-state index < -0.39 is 16.1 Å². The maximum absolute atomic E-state index is 13.3. The third kappa shape index (κ3) is 9.72. The lowest BCUT2D eigenvalue weighted by molar-refractivity contribution is -0.140. The van der Waals surface area contributed by atoms with Crippen molar-refractivity contribution >= 4 is 27.5 Å². The van der Waals surface area contributed by atoms with Gasteiger partial charge >= 0.3 is 0 Å². The number of hydrogen-bond donors (Lipinski definition) is 1. The van der Waals surface area contributed by atoms with Crippen LogP contribution in [0.2, 0.25) is 0 Å². The molecule has 2 amide bonds. The second-order valence-electron chi connectivity index (χ2n) is 9.19. The Morgan fingerprint density at radius 2 is 1.65 bits per heavy atom. The molecule has 2 aromatic rings. The van der Waals surface area contributed by atoms with E-state index >= 15 is 0 Å². The fraction of sp³-hybridized carbons (Fsp3) is 0.500. The van der Waals surface area contributed by atoms with E-state index in [-0.39, 0.29) is 24.8 Å². The predicted octanol–water partition coefficient (Wildman–Crippen LogP) is 4.27. The molecule has 0 heterocycles. The Bertz CT molecular complexity index is 1100. The van der Waals surface area contributed by atoms with Crippen LogP contribution in [0, 0.1) is 6.92 Å². The Hall–Kier alpha value is -3.07. The number of carbonyl (C=O) groups excluding carboxylic acids is 2. The minimum Gasteiger partial charge on any atom is -0.494 e. The molecule has 2 aromatic carbocycles. The molecule has 0 aromatic heterocycles. The molecule has 0 radical (unpaired) electrons. The van der Waals surface area contributed by atoms with Gasteiger partial charge in [0.1, 0.15) is 11.8 Å². The van der Waals surface area contributed by atoms with Gasteiger partial charge in [0.15, 0.2) is 0 Å². The number of rotatable bonds is 15. The molecule has 0 aliphatic heterocycles. The maximum Gasteiger partial charge on any atom is 0.242 e. The SMILES string of the molecule is CCCCNC(=O)[C@H](C)N(Cc1ccc(C)cc1)C(=O)CCCN(c1ccc(OCC)cc1)S(C)(=O)=O. The summed E-state index contributed by atoms with van der Waals surface area (Å²) in [7, 11) is -3.55. The number of sulfonamides is 1. The monoisotopic (exact) mass is 531 g/mol. The summed E-state index contributed by atoms with van der Waals surface area (Å²) < 4.78 is 31.7. The molecule has 0 saturated carbocycles. The lowest BCUT2D eigenvalue weighted by Gasteiger charge is -2.29. The average molecular weight is 532 g/mol. The average Bonchev–Trinajstić information content (AvgIpc) is 2.86. The van der Waals surface area contributed by atoms with Gasteiger partial charge in [-0.05, 0) is 63.4 Å². The largest absolute Gasteiger partial charge is 0.494 e. The highest BCUT2D eigenvalue weighted by molar-refractivity contribution is 7.92. The number of benzene rings is 2. The summed E-state index contributed by atoms with van der Waals surface area (Å²) in [5.74, 6) is 0.271. The number of anilines is 1. The van der Waals surface area contributed by atoms with Gasteiger partial charge in [0.2, 0.25) is 21.8 Å². The van der Waals surface area contributed by atoms with Crippen LogP contribution < -0.4 is 14.4 Å². The van der Waals surface area contributed by atoms with E-state index in [4.69, 9.17) is 4.74 Å². The molecular formula is C28H41N3O5S. The first kappa shape index (κ1) is 30.2. The summed E-state index contributed by atoms with van der Waals surface area (Å²) in [6.45, 7) is 9.19. The van der Waals surface area contributed by atoms with Crippen LogP contribution in [0.15, 0.2) is 48.5 Å². The van der Waals surface area contributed by atoms with E-state index in [0.29, 0.717) is 37.6 Å². The van der Waals surface area contributed by atoms with Crippen LogP contribution in [0.1, 0.15) is 57.6 Å². The topological polar surface area (TPSA) is 96.0 Å². The van der Waals surface area contributed by atoms with E-state index in [1.54, 1.807) is 36.1 Å². The minimum absolute atomic E-state index is 0.113. The number of aryl methyl sites for hydroxylation is 1. The first-order chi connectivity index (χ1) is 17.6. The van der Waals surface area contributed by atoms with Crippen LogP contribution in [-0.2, 0) is 26.2 Å². The van der Waals surface area contributed by atoms with Crippen LogP contribution in [0.25, 0.3) is 0 Å². The molecule has 0 aliphatic carbocycles. The molecule has 0 spiro atoms. The minimum atomic E-state index is -3.55. The van der Waals surface area contributed by atoms with Crippen LogP contribution >= 0.6 is 0 Å². The summed E-state index contributed by atoms with van der Waals surface area (Å²) in [4.78, 5) is 27.7. The summed E-state index contributed by atoms with van der Waals surface area (Å²) in [5, 5.41) is 2.91. The van der Waals surface area contributed by atoms with E-state index in [2.05, 4.69) is 12.2 Å². The Morgan fingerprint density at radius 3 is 2.22 bits per heavy atom. The standard InChI is InChI=1S/C28H41N3O5S/c1-6-8-19-29-28(33)23(4)30(21-24-13-11-22(3)12-14-24)27(32)10-9-20-31(37(5,34)35)25-15-17-26(18-16-25)36-7-2/h11-18,23H,6-10,19-21H2,1-5H3,(H,29,33)/t23-/m0/s1. The number of carbonyl (C=O) groups is 2. The summed E-state index contributed by atoms with van der Waals surface area (Å²) in [6, 6.07) is 14.1. The number of nitrogens with zero attached hydrogens (tertiary/aromatic N) is 2. The van der Waals surface area contributed by atoms with Crippen molar-refractivity contribution in [3.63, 3.8) is 0 Å². The van der Waals surface area contributed by atoms with Crippen molar-refractivity contribution in [2.75, 3.05) is 30.3 Å². The highest BCUT2D eigenvalue weighted by Crippen LogP contribution is 2.22. The Labute approximate surface area is 222 Å². The molecule has 1 atom stereocenters. The molecule has 8 nitrogen and oxygen atoms in total. The highest BCUT2D eigenvalue weighted by atomic mass is 32.2. The van der Waals surface area contributed by atoms with Crippen molar-refractivity contribution in [3.05, 3.63) is 59.7 Å². The van der Waals surface area contributed by atoms with Crippen molar-refractivity contribution < 1.29 is 22.7 Å². The molecule has 204 valence electrons. The predicted molar refractivity (Wildman–Crippen MR) is 148 cm³/mol. The van der Waals surface area contributed by atoms with Gasteiger partial charge < -0.3 is 15.0 Å². The molecule has 0 aliphatic rings. The fourth-order valence-corrected chi connectivity index (χ4v) is 4.85. The zero-order valence-electron chi connectivity index (χ0n) is 22.7.